The first-order chi connectivity index (χ1) is 14.9. The van der Waals surface area contributed by atoms with Crippen molar-refractivity contribution in [1.29, 1.82) is 0 Å². The molecule has 0 aliphatic carbocycles. The first-order valence-corrected chi connectivity index (χ1v) is 10.3. The van der Waals surface area contributed by atoms with Crippen molar-refractivity contribution in [3.05, 3.63) is 40.3 Å². The van der Waals surface area contributed by atoms with E-state index in [1.54, 1.807) is 43.0 Å². The number of hydrogen-bond acceptors (Lipinski definition) is 7. The van der Waals surface area contributed by atoms with Gasteiger partial charge in [-0.15, -0.1) is 0 Å². The molecule has 10 nitrogen and oxygen atoms in total. The summed E-state index contributed by atoms with van der Waals surface area (Å²) in [7, 11) is 0. The third kappa shape index (κ3) is 5.19. The molecule has 2 amide bonds. The highest BCUT2D eigenvalue weighted by molar-refractivity contribution is 6.02. The van der Waals surface area contributed by atoms with Gasteiger partial charge in [0.2, 0.25) is 0 Å². The van der Waals surface area contributed by atoms with Crippen LogP contribution in [0, 0.1) is 0 Å². The van der Waals surface area contributed by atoms with Crippen molar-refractivity contribution in [2.24, 2.45) is 0 Å². The number of hydrogen-bond donors (Lipinski definition) is 1. The van der Waals surface area contributed by atoms with E-state index < -0.39 is 18.5 Å². The van der Waals surface area contributed by atoms with E-state index in [1.165, 1.54) is 4.68 Å². The van der Waals surface area contributed by atoms with Crippen LogP contribution in [0.4, 0.5) is 4.79 Å². The lowest BCUT2D eigenvalue weighted by molar-refractivity contribution is -0.125. The molecule has 3 rings (SSSR count). The number of rotatable bonds is 6. The van der Waals surface area contributed by atoms with Crippen LogP contribution in [0.15, 0.2) is 29.1 Å². The number of aryl methyl sites for hydroxylation is 1. The SMILES string of the molecule is CCOC(=O)N1CCC(NC(=O)COC(=O)c2nn(CC)c(=O)c3ccccc23)CC1. The van der Waals surface area contributed by atoms with E-state index in [2.05, 4.69) is 10.4 Å². The Morgan fingerprint density at radius 2 is 1.77 bits per heavy atom. The van der Waals surface area contributed by atoms with Gasteiger partial charge in [-0.2, -0.15) is 5.10 Å². The standard InChI is InChI=1S/C21H26N4O6/c1-3-25-19(27)16-8-6-5-7-15(16)18(23-25)20(28)31-13-17(26)22-14-9-11-24(12-10-14)21(29)30-4-2/h5-8,14H,3-4,9-13H2,1-2H3,(H,22,26). The van der Waals surface area contributed by atoms with Gasteiger partial charge in [-0.1, -0.05) is 18.2 Å². The Labute approximate surface area is 179 Å². The summed E-state index contributed by atoms with van der Waals surface area (Å²) in [6, 6.07) is 6.54. The van der Waals surface area contributed by atoms with Crippen molar-refractivity contribution in [3.63, 3.8) is 0 Å². The van der Waals surface area contributed by atoms with Crippen LogP contribution >= 0.6 is 0 Å². The maximum atomic E-state index is 12.6. The van der Waals surface area contributed by atoms with Gasteiger partial charge in [-0.3, -0.25) is 9.59 Å². The lowest BCUT2D eigenvalue weighted by Crippen LogP contribution is -2.47. The predicted molar refractivity (Wildman–Crippen MR) is 112 cm³/mol. The molecule has 2 heterocycles. The minimum absolute atomic E-state index is 0.00686. The highest BCUT2D eigenvalue weighted by Gasteiger charge is 2.25. The van der Waals surface area contributed by atoms with Crippen LogP contribution < -0.4 is 10.9 Å². The van der Waals surface area contributed by atoms with Gasteiger partial charge >= 0.3 is 12.1 Å². The van der Waals surface area contributed by atoms with E-state index >= 15 is 0 Å². The second kappa shape index (κ2) is 10.1. The molecule has 1 fully saturated rings. The van der Waals surface area contributed by atoms with Crippen molar-refractivity contribution in [2.45, 2.75) is 39.3 Å². The molecule has 1 aliphatic heterocycles. The smallest absolute Gasteiger partial charge is 0.409 e. The third-order valence-corrected chi connectivity index (χ3v) is 5.08. The molecule has 0 saturated carbocycles. The lowest BCUT2D eigenvalue weighted by atomic mass is 10.1. The summed E-state index contributed by atoms with van der Waals surface area (Å²) in [5.74, 6) is -1.21. The number of ether oxygens (including phenoxy) is 2. The van der Waals surface area contributed by atoms with Gasteiger partial charge in [0.1, 0.15) is 0 Å². The molecule has 1 N–H and O–H groups in total. The molecule has 0 unspecified atom stereocenters. The molecule has 0 atom stereocenters. The summed E-state index contributed by atoms with van der Waals surface area (Å²) < 4.78 is 11.3. The predicted octanol–water partition coefficient (Wildman–Crippen LogP) is 1.31. The monoisotopic (exact) mass is 430 g/mol. The maximum absolute atomic E-state index is 12.6. The number of nitrogens with zero attached hydrogens (tertiary/aromatic N) is 3. The molecule has 1 aliphatic rings. The topological polar surface area (TPSA) is 120 Å². The van der Waals surface area contributed by atoms with Crippen molar-refractivity contribution < 1.29 is 23.9 Å². The van der Waals surface area contributed by atoms with Crippen molar-refractivity contribution in [1.82, 2.24) is 20.0 Å². The Balaban J connectivity index is 1.57. The van der Waals surface area contributed by atoms with E-state index in [0.717, 1.165) is 0 Å². The van der Waals surface area contributed by atoms with E-state index in [4.69, 9.17) is 9.47 Å². The first kappa shape index (κ1) is 22.3. The summed E-state index contributed by atoms with van der Waals surface area (Å²) in [5, 5.41) is 7.66. The van der Waals surface area contributed by atoms with Gasteiger partial charge in [0.05, 0.1) is 12.0 Å². The molecule has 0 radical (unpaired) electrons. The van der Waals surface area contributed by atoms with E-state index in [1.807, 2.05) is 0 Å². The highest BCUT2D eigenvalue weighted by atomic mass is 16.6. The number of amides is 2. The van der Waals surface area contributed by atoms with Crippen LogP contribution in [0.2, 0.25) is 0 Å². The zero-order chi connectivity index (χ0) is 22.4. The van der Waals surface area contributed by atoms with E-state index in [9.17, 15) is 19.2 Å². The average Bonchev–Trinajstić information content (AvgIpc) is 2.78. The number of carbonyl (C=O) groups is 3. The van der Waals surface area contributed by atoms with Crippen molar-refractivity contribution in [2.75, 3.05) is 26.3 Å². The minimum atomic E-state index is -0.773. The van der Waals surface area contributed by atoms with Gasteiger partial charge in [0.15, 0.2) is 12.3 Å². The Morgan fingerprint density at radius 3 is 2.42 bits per heavy atom. The van der Waals surface area contributed by atoms with E-state index in [-0.39, 0.29) is 23.4 Å². The van der Waals surface area contributed by atoms with Crippen LogP contribution in [0.25, 0.3) is 10.8 Å². The van der Waals surface area contributed by atoms with Gasteiger partial charge in [0.25, 0.3) is 11.5 Å². The molecule has 2 aromatic rings. The van der Waals surface area contributed by atoms with Crippen molar-refractivity contribution in [3.8, 4) is 0 Å². The van der Waals surface area contributed by atoms with Gasteiger partial charge < -0.3 is 19.7 Å². The molecule has 166 valence electrons. The fourth-order valence-corrected chi connectivity index (χ4v) is 3.49. The zero-order valence-electron chi connectivity index (χ0n) is 17.6. The quantitative estimate of drug-likeness (QED) is 0.686. The zero-order valence-corrected chi connectivity index (χ0v) is 17.6. The number of carbonyl (C=O) groups excluding carboxylic acids is 3. The molecule has 0 spiro atoms. The summed E-state index contributed by atoms with van der Waals surface area (Å²) in [6.45, 7) is 4.63. The van der Waals surface area contributed by atoms with Crippen LogP contribution in [0.3, 0.4) is 0 Å². The van der Waals surface area contributed by atoms with Crippen LogP contribution in [-0.4, -0.2) is 65.0 Å². The Bertz CT molecular complexity index is 1030. The molecular formula is C21H26N4O6. The van der Waals surface area contributed by atoms with Crippen molar-refractivity contribution >= 4 is 28.7 Å². The number of nitrogens with one attached hydrogen (secondary N) is 1. The summed E-state index contributed by atoms with van der Waals surface area (Å²) in [4.78, 5) is 50.5. The second-order valence-corrected chi connectivity index (χ2v) is 7.12. The Morgan fingerprint density at radius 1 is 1.10 bits per heavy atom. The highest BCUT2D eigenvalue weighted by Crippen LogP contribution is 2.15. The van der Waals surface area contributed by atoms with Gasteiger partial charge in [-0.05, 0) is 32.8 Å². The molecular weight excluding hydrogens is 404 g/mol. The first-order valence-electron chi connectivity index (χ1n) is 10.3. The number of likely N-dealkylation sites (tertiary alicyclic amines) is 1. The number of esters is 1. The molecule has 1 aromatic heterocycles. The fourth-order valence-electron chi connectivity index (χ4n) is 3.49. The third-order valence-electron chi connectivity index (χ3n) is 5.08. The maximum Gasteiger partial charge on any atom is 0.409 e. The molecule has 31 heavy (non-hydrogen) atoms. The van der Waals surface area contributed by atoms with E-state index in [0.29, 0.717) is 49.9 Å². The number of fused-ring (bicyclic) bond motifs is 1. The second-order valence-electron chi connectivity index (χ2n) is 7.12. The largest absolute Gasteiger partial charge is 0.451 e. The number of piperidine rings is 1. The van der Waals surface area contributed by atoms with Gasteiger partial charge in [0, 0.05) is 31.1 Å². The number of aromatic nitrogens is 2. The molecule has 1 aromatic carbocycles. The van der Waals surface area contributed by atoms with Crippen LogP contribution in [-0.2, 0) is 20.8 Å². The van der Waals surface area contributed by atoms with Crippen LogP contribution in [0.5, 0.6) is 0 Å². The lowest BCUT2D eigenvalue weighted by Gasteiger charge is -2.31. The normalized spacial score (nSPS) is 14.3. The fraction of sp³-hybridized carbons (Fsp3) is 0.476. The molecule has 1 saturated heterocycles. The Kier molecular flexibility index (Phi) is 7.22. The van der Waals surface area contributed by atoms with Crippen LogP contribution in [0.1, 0.15) is 37.2 Å². The average molecular weight is 430 g/mol. The summed E-state index contributed by atoms with van der Waals surface area (Å²) >= 11 is 0. The summed E-state index contributed by atoms with van der Waals surface area (Å²) in [5.41, 5.74) is -0.297. The minimum Gasteiger partial charge on any atom is -0.451 e. The number of benzene rings is 1. The summed E-state index contributed by atoms with van der Waals surface area (Å²) in [6.07, 6.45) is 0.826. The molecule has 10 heteroatoms. The Hall–Kier alpha value is -3.43. The van der Waals surface area contributed by atoms with Gasteiger partial charge in [-0.25, -0.2) is 14.3 Å². The molecule has 0 bridgehead atoms.